The van der Waals surface area contributed by atoms with Crippen LogP contribution in [0.5, 0.6) is 0 Å². The van der Waals surface area contributed by atoms with Crippen LogP contribution in [0.2, 0.25) is 0 Å². The Morgan fingerprint density at radius 3 is 1.19 bits per heavy atom. The Balaban J connectivity index is 1.62. The lowest BCUT2D eigenvalue weighted by atomic mass is 9.46. The Kier molecular flexibility index (Phi) is 7.80. The summed E-state index contributed by atoms with van der Waals surface area (Å²) < 4.78 is 0. The van der Waals surface area contributed by atoms with Gasteiger partial charge in [0.25, 0.3) is 0 Å². The van der Waals surface area contributed by atoms with Gasteiger partial charge in [0.2, 0.25) is 0 Å². The van der Waals surface area contributed by atoms with Crippen LogP contribution in [0.25, 0.3) is 0 Å². The second-order valence-electron chi connectivity index (χ2n) is 17.4. The van der Waals surface area contributed by atoms with Crippen LogP contribution in [0.15, 0.2) is 0 Å². The standard InChI is InChI=1S/C36H64/c1-24(2)36(26-16-12-13-17-26,25-14-10-9-11-15-25)33-31-22-27(34(3,4)5)18-20-29(31)30-21-19-28(23-32(30)33)35(6,7)8/h24-33H,9-23H2,1-8H3. The summed E-state index contributed by atoms with van der Waals surface area (Å²) in [4.78, 5) is 0. The molecule has 5 aliphatic rings. The smallest absolute Gasteiger partial charge is 0.0184 e. The van der Waals surface area contributed by atoms with Gasteiger partial charge in [-0.05, 0) is 140 Å². The monoisotopic (exact) mass is 497 g/mol. The molecule has 0 amide bonds. The highest BCUT2D eigenvalue weighted by molar-refractivity contribution is 5.13. The second kappa shape index (κ2) is 10.2. The number of fused-ring (bicyclic) bond motifs is 3. The van der Waals surface area contributed by atoms with Crippen molar-refractivity contribution < 1.29 is 0 Å². The molecule has 0 aromatic rings. The van der Waals surface area contributed by atoms with Crippen molar-refractivity contribution in [3.63, 3.8) is 0 Å². The van der Waals surface area contributed by atoms with Crippen LogP contribution in [0.3, 0.4) is 0 Å². The molecular formula is C36H64. The van der Waals surface area contributed by atoms with E-state index in [1.807, 2.05) is 0 Å². The van der Waals surface area contributed by atoms with Gasteiger partial charge in [0.15, 0.2) is 0 Å². The molecular weight excluding hydrogens is 432 g/mol. The lowest BCUT2D eigenvalue weighted by Gasteiger charge is -2.59. The van der Waals surface area contributed by atoms with Crippen LogP contribution in [0.4, 0.5) is 0 Å². The summed E-state index contributed by atoms with van der Waals surface area (Å²) in [5.41, 5.74) is 1.59. The lowest BCUT2D eigenvalue weighted by molar-refractivity contribution is -0.109. The Bertz CT molecular complexity index is 682. The van der Waals surface area contributed by atoms with E-state index in [2.05, 4.69) is 55.4 Å². The largest absolute Gasteiger partial charge is 0.0622 e. The molecule has 0 N–H and O–H groups in total. The first-order valence-corrected chi connectivity index (χ1v) is 17.0. The molecule has 7 unspecified atom stereocenters. The molecule has 7 atom stereocenters. The van der Waals surface area contributed by atoms with E-state index in [1.54, 1.807) is 51.4 Å². The van der Waals surface area contributed by atoms with Crippen molar-refractivity contribution in [2.45, 2.75) is 152 Å². The molecule has 208 valence electrons. The summed E-state index contributed by atoms with van der Waals surface area (Å²) in [7, 11) is 0. The van der Waals surface area contributed by atoms with E-state index in [0.717, 1.165) is 59.2 Å². The Hall–Kier alpha value is 0. The summed E-state index contributed by atoms with van der Waals surface area (Å²) in [6.45, 7) is 20.9. The average Bonchev–Trinajstić information content (AvgIpc) is 3.46. The maximum absolute atomic E-state index is 2.73. The van der Waals surface area contributed by atoms with E-state index in [0.29, 0.717) is 16.2 Å². The van der Waals surface area contributed by atoms with Crippen molar-refractivity contribution in [3.8, 4) is 0 Å². The fraction of sp³-hybridized carbons (Fsp3) is 1.00. The molecule has 0 spiro atoms. The zero-order valence-corrected chi connectivity index (χ0v) is 25.9. The zero-order chi connectivity index (χ0) is 25.9. The molecule has 0 radical (unpaired) electrons. The Morgan fingerprint density at radius 1 is 0.444 bits per heavy atom. The van der Waals surface area contributed by atoms with Crippen molar-refractivity contribution in [1.29, 1.82) is 0 Å². The summed E-state index contributed by atoms with van der Waals surface area (Å²) >= 11 is 0. The molecule has 0 heterocycles. The van der Waals surface area contributed by atoms with Gasteiger partial charge < -0.3 is 0 Å². The first kappa shape index (κ1) is 27.6. The number of hydrogen-bond donors (Lipinski definition) is 0. The molecule has 5 saturated carbocycles. The first-order valence-electron chi connectivity index (χ1n) is 17.0. The van der Waals surface area contributed by atoms with E-state index in [4.69, 9.17) is 0 Å². The topological polar surface area (TPSA) is 0 Å². The maximum Gasteiger partial charge on any atom is -0.0184 e. The lowest BCUT2D eigenvalue weighted by Crippen LogP contribution is -2.53. The molecule has 0 saturated heterocycles. The van der Waals surface area contributed by atoms with E-state index < -0.39 is 0 Å². The van der Waals surface area contributed by atoms with Gasteiger partial charge in [-0.3, -0.25) is 0 Å². The van der Waals surface area contributed by atoms with Crippen molar-refractivity contribution in [3.05, 3.63) is 0 Å². The fourth-order valence-electron chi connectivity index (χ4n) is 12.2. The third-order valence-corrected chi connectivity index (χ3v) is 13.8. The minimum absolute atomic E-state index is 0.482. The zero-order valence-electron chi connectivity index (χ0n) is 25.9. The molecule has 0 aliphatic heterocycles. The summed E-state index contributed by atoms with van der Waals surface area (Å²) in [6.07, 6.45) is 23.2. The minimum Gasteiger partial charge on any atom is -0.0622 e. The van der Waals surface area contributed by atoms with Gasteiger partial charge in [-0.25, -0.2) is 0 Å². The van der Waals surface area contributed by atoms with Crippen LogP contribution in [0, 0.1) is 75.4 Å². The molecule has 0 bridgehead atoms. The highest BCUT2D eigenvalue weighted by atomic mass is 14.7. The van der Waals surface area contributed by atoms with Crippen molar-refractivity contribution in [2.24, 2.45) is 75.4 Å². The van der Waals surface area contributed by atoms with Crippen LogP contribution in [-0.2, 0) is 0 Å². The second-order valence-corrected chi connectivity index (χ2v) is 17.4. The maximum atomic E-state index is 2.73. The summed E-state index contributed by atoms with van der Waals surface area (Å²) in [6, 6.07) is 0. The van der Waals surface area contributed by atoms with E-state index >= 15 is 0 Å². The highest BCUT2D eigenvalue weighted by Gasteiger charge is 2.64. The first-order chi connectivity index (χ1) is 17.0. The van der Waals surface area contributed by atoms with Crippen LogP contribution in [-0.4, -0.2) is 0 Å². The molecule has 0 aromatic carbocycles. The molecule has 5 fully saturated rings. The summed E-state index contributed by atoms with van der Waals surface area (Å²) in [5.74, 6) is 9.98. The van der Waals surface area contributed by atoms with Crippen molar-refractivity contribution in [2.75, 3.05) is 0 Å². The SMILES string of the molecule is CC(C)C(C1CCCCC1)(C1CCCC1)C1C2CC(C(C)(C)C)CCC2C2CCC(C(C)(C)C)CC21. The van der Waals surface area contributed by atoms with E-state index in [-0.39, 0.29) is 0 Å². The fourth-order valence-corrected chi connectivity index (χ4v) is 12.2. The van der Waals surface area contributed by atoms with E-state index in [1.165, 1.54) is 44.9 Å². The normalized spacial score (nSPS) is 40.8. The molecule has 0 aromatic heterocycles. The predicted octanol–water partition coefficient (Wildman–Crippen LogP) is 11.2. The average molecular weight is 497 g/mol. The van der Waals surface area contributed by atoms with Gasteiger partial charge in [-0.2, -0.15) is 0 Å². The van der Waals surface area contributed by atoms with Gasteiger partial charge in [-0.15, -0.1) is 0 Å². The third kappa shape index (κ3) is 4.67. The van der Waals surface area contributed by atoms with Gasteiger partial charge in [0.05, 0.1) is 0 Å². The van der Waals surface area contributed by atoms with Crippen LogP contribution in [0.1, 0.15) is 152 Å². The molecule has 0 heteroatoms. The molecule has 0 nitrogen and oxygen atoms in total. The minimum atomic E-state index is 0.482. The molecule has 36 heavy (non-hydrogen) atoms. The molecule has 5 rings (SSSR count). The Morgan fingerprint density at radius 2 is 0.833 bits per heavy atom. The number of rotatable bonds is 4. The van der Waals surface area contributed by atoms with Gasteiger partial charge in [-0.1, -0.05) is 87.5 Å². The third-order valence-electron chi connectivity index (χ3n) is 13.8. The van der Waals surface area contributed by atoms with Gasteiger partial charge in [0, 0.05) is 0 Å². The van der Waals surface area contributed by atoms with Gasteiger partial charge >= 0.3 is 0 Å². The van der Waals surface area contributed by atoms with Crippen molar-refractivity contribution >= 4 is 0 Å². The summed E-state index contributed by atoms with van der Waals surface area (Å²) in [5, 5.41) is 0. The van der Waals surface area contributed by atoms with Crippen molar-refractivity contribution in [1.82, 2.24) is 0 Å². The molecule has 5 aliphatic carbocycles. The van der Waals surface area contributed by atoms with Gasteiger partial charge in [0.1, 0.15) is 0 Å². The van der Waals surface area contributed by atoms with Crippen LogP contribution < -0.4 is 0 Å². The predicted molar refractivity (Wildman–Crippen MR) is 157 cm³/mol. The quantitative estimate of drug-likeness (QED) is 0.363. The van der Waals surface area contributed by atoms with E-state index in [9.17, 15) is 0 Å². The number of hydrogen-bond acceptors (Lipinski definition) is 0. The van der Waals surface area contributed by atoms with Crippen LogP contribution >= 0.6 is 0 Å². The Labute approximate surface area is 226 Å². The highest BCUT2D eigenvalue weighted by Crippen LogP contribution is 2.71.